The fraction of sp³-hybridized carbons (Fsp3) is 0.933. The monoisotopic (exact) mass is 276 g/mol. The number of hydrogen-bond acceptors (Lipinski definition) is 3. The van der Waals surface area contributed by atoms with Crippen molar-refractivity contribution < 1.29 is 9.53 Å². The van der Waals surface area contributed by atoms with E-state index in [2.05, 4.69) is 11.8 Å². The van der Waals surface area contributed by atoms with Crippen LogP contribution in [0.25, 0.3) is 0 Å². The van der Waals surface area contributed by atoms with Gasteiger partial charge >= 0.3 is 0 Å². The zero-order valence-electron chi connectivity index (χ0n) is 14.4. The quantitative estimate of drug-likeness (QED) is 0.740. The molecule has 0 saturated carbocycles. The third-order valence-corrected chi connectivity index (χ3v) is 2.34. The molecule has 1 fully saturated rings. The van der Waals surface area contributed by atoms with Gasteiger partial charge < -0.3 is 9.64 Å². The topological polar surface area (TPSA) is 32.8 Å². The van der Waals surface area contributed by atoms with Crippen LogP contribution in [0.15, 0.2) is 0 Å². The minimum atomic E-state index is 0.184. The Labute approximate surface area is 121 Å². The van der Waals surface area contributed by atoms with E-state index >= 15 is 0 Å². The van der Waals surface area contributed by atoms with E-state index in [1.165, 1.54) is 0 Å². The third-order valence-electron chi connectivity index (χ3n) is 2.34. The van der Waals surface area contributed by atoms with Crippen molar-refractivity contribution >= 4 is 6.41 Å². The second-order valence-electron chi connectivity index (χ2n) is 3.43. The van der Waals surface area contributed by atoms with Gasteiger partial charge in [0.05, 0.1) is 12.7 Å². The summed E-state index contributed by atoms with van der Waals surface area (Å²) in [7, 11) is 1.78. The van der Waals surface area contributed by atoms with Gasteiger partial charge in [-0.15, -0.1) is 0 Å². The first kappa shape index (κ1) is 23.5. The molecule has 4 nitrogen and oxygen atoms in total. The molecular weight excluding hydrogens is 240 g/mol. The highest BCUT2D eigenvalue weighted by Crippen LogP contribution is 2.05. The maximum absolute atomic E-state index is 10.4. The van der Waals surface area contributed by atoms with Crippen molar-refractivity contribution in [3.8, 4) is 0 Å². The number of likely N-dealkylation sites (N-methyl/N-ethyl adjacent to an activating group) is 2. The van der Waals surface area contributed by atoms with E-state index < -0.39 is 0 Å². The van der Waals surface area contributed by atoms with Crippen LogP contribution < -0.4 is 0 Å². The molecule has 0 N–H and O–H groups in total. The largest absolute Gasteiger partial charge is 0.374 e. The lowest BCUT2D eigenvalue weighted by molar-refractivity contribution is -0.120. The lowest BCUT2D eigenvalue weighted by atomic mass is 10.2. The van der Waals surface area contributed by atoms with E-state index in [0.29, 0.717) is 6.54 Å². The third kappa shape index (κ3) is 13.6. The molecule has 1 unspecified atom stereocenters. The average Bonchev–Trinajstić information content (AvgIpc) is 2.53. The van der Waals surface area contributed by atoms with Crippen molar-refractivity contribution in [2.45, 2.75) is 54.6 Å². The van der Waals surface area contributed by atoms with Crippen molar-refractivity contribution in [2.75, 3.05) is 39.8 Å². The molecule has 1 amide bonds. The predicted octanol–water partition coefficient (Wildman–Crippen LogP) is 2.87. The molecular formula is C15H36N2O2. The van der Waals surface area contributed by atoms with Gasteiger partial charge in [0.15, 0.2) is 0 Å². The summed E-state index contributed by atoms with van der Waals surface area (Å²) in [5.74, 6) is 0. The Balaban J connectivity index is -0.000000375. The van der Waals surface area contributed by atoms with E-state index in [1.54, 1.807) is 11.9 Å². The molecule has 0 aromatic rings. The minimum Gasteiger partial charge on any atom is -0.374 e. The average molecular weight is 276 g/mol. The zero-order valence-corrected chi connectivity index (χ0v) is 14.4. The molecule has 118 valence electrons. The Bertz CT molecular complexity index is 166. The van der Waals surface area contributed by atoms with Gasteiger partial charge in [-0.05, 0) is 6.54 Å². The molecule has 1 heterocycles. The van der Waals surface area contributed by atoms with Gasteiger partial charge in [0.1, 0.15) is 0 Å². The van der Waals surface area contributed by atoms with Crippen LogP contribution in [0.4, 0.5) is 0 Å². The van der Waals surface area contributed by atoms with Crippen LogP contribution in [0.3, 0.4) is 0 Å². The smallest absolute Gasteiger partial charge is 0.209 e. The lowest BCUT2D eigenvalue weighted by Crippen LogP contribution is -2.46. The Morgan fingerprint density at radius 1 is 1.21 bits per heavy atom. The van der Waals surface area contributed by atoms with Gasteiger partial charge in [-0.25, -0.2) is 0 Å². The van der Waals surface area contributed by atoms with Crippen molar-refractivity contribution in [2.24, 2.45) is 0 Å². The van der Waals surface area contributed by atoms with Gasteiger partial charge in [-0.1, -0.05) is 48.5 Å². The molecule has 1 rings (SSSR count). The number of carbonyl (C=O) groups is 1. The summed E-state index contributed by atoms with van der Waals surface area (Å²) in [6.45, 7) is 18.6. The van der Waals surface area contributed by atoms with Gasteiger partial charge in [-0.3, -0.25) is 9.69 Å². The number of nitrogens with zero attached hydrogens (tertiary/aromatic N) is 2. The summed E-state index contributed by atoms with van der Waals surface area (Å²) >= 11 is 0. The van der Waals surface area contributed by atoms with Crippen LogP contribution in [0.5, 0.6) is 0 Å². The Kier molecular flexibility index (Phi) is 24.4. The summed E-state index contributed by atoms with van der Waals surface area (Å²) in [6.07, 6.45) is 1.03. The highest BCUT2D eigenvalue weighted by molar-refractivity contribution is 5.46. The Hall–Kier alpha value is -0.610. The summed E-state index contributed by atoms with van der Waals surface area (Å²) in [4.78, 5) is 14.4. The van der Waals surface area contributed by atoms with Gasteiger partial charge in [-0.2, -0.15) is 0 Å². The van der Waals surface area contributed by atoms with Crippen LogP contribution in [-0.4, -0.2) is 62.1 Å². The molecule has 0 aliphatic carbocycles. The molecule has 4 heteroatoms. The van der Waals surface area contributed by atoms with Crippen molar-refractivity contribution in [1.82, 2.24) is 9.80 Å². The number of amides is 1. The van der Waals surface area contributed by atoms with E-state index in [1.807, 2.05) is 41.5 Å². The fourth-order valence-corrected chi connectivity index (χ4v) is 1.54. The molecule has 0 aromatic heterocycles. The number of ether oxygens (including phenoxy) is 1. The van der Waals surface area contributed by atoms with Crippen LogP contribution >= 0.6 is 0 Å². The van der Waals surface area contributed by atoms with Crippen molar-refractivity contribution in [3.63, 3.8) is 0 Å². The zero-order chi connectivity index (χ0) is 15.7. The molecule has 0 radical (unpaired) electrons. The molecule has 0 bridgehead atoms. The molecule has 1 aliphatic heterocycles. The first-order valence-corrected chi connectivity index (χ1v) is 7.75. The second-order valence-corrected chi connectivity index (χ2v) is 3.43. The maximum atomic E-state index is 10.4. The highest BCUT2D eigenvalue weighted by atomic mass is 16.5. The van der Waals surface area contributed by atoms with E-state index in [4.69, 9.17) is 4.74 Å². The van der Waals surface area contributed by atoms with E-state index in [9.17, 15) is 4.79 Å². The molecule has 1 atom stereocenters. The first-order chi connectivity index (χ1) is 9.26. The van der Waals surface area contributed by atoms with Gasteiger partial charge in [0, 0.05) is 26.7 Å². The second kappa shape index (κ2) is 19.7. The van der Waals surface area contributed by atoms with Crippen molar-refractivity contribution in [1.29, 1.82) is 0 Å². The summed E-state index contributed by atoms with van der Waals surface area (Å²) < 4.78 is 5.54. The Morgan fingerprint density at radius 2 is 1.74 bits per heavy atom. The minimum absolute atomic E-state index is 0.184. The number of hydrogen-bond donors (Lipinski definition) is 0. The van der Waals surface area contributed by atoms with Crippen LogP contribution in [0, 0.1) is 0 Å². The summed E-state index contributed by atoms with van der Waals surface area (Å²) in [5.41, 5.74) is 0. The first-order valence-electron chi connectivity index (χ1n) is 7.75. The highest BCUT2D eigenvalue weighted by Gasteiger charge is 2.19. The van der Waals surface area contributed by atoms with Gasteiger partial charge in [0.2, 0.25) is 6.41 Å². The summed E-state index contributed by atoms with van der Waals surface area (Å²) in [5, 5.41) is 0. The maximum Gasteiger partial charge on any atom is 0.209 e. The number of morpholine rings is 1. The molecule has 0 spiro atoms. The van der Waals surface area contributed by atoms with Crippen LogP contribution in [-0.2, 0) is 9.53 Å². The van der Waals surface area contributed by atoms with E-state index in [0.717, 1.165) is 32.7 Å². The molecule has 1 aliphatic rings. The SMILES string of the molecule is CC.CC.CC.CCN1CCOC(CN(C)C=O)C1. The lowest BCUT2D eigenvalue weighted by Gasteiger charge is -2.33. The van der Waals surface area contributed by atoms with E-state index in [-0.39, 0.29) is 6.10 Å². The molecule has 19 heavy (non-hydrogen) atoms. The van der Waals surface area contributed by atoms with Crippen LogP contribution in [0.2, 0.25) is 0 Å². The van der Waals surface area contributed by atoms with Crippen molar-refractivity contribution in [3.05, 3.63) is 0 Å². The fourth-order valence-electron chi connectivity index (χ4n) is 1.54. The van der Waals surface area contributed by atoms with Crippen LogP contribution in [0.1, 0.15) is 48.5 Å². The van der Waals surface area contributed by atoms with Gasteiger partial charge in [0.25, 0.3) is 0 Å². The number of rotatable bonds is 4. The predicted molar refractivity (Wildman–Crippen MR) is 84.6 cm³/mol. The standard InChI is InChI=1S/C9H18N2O2.3C2H6/c1-3-11-4-5-13-9(7-11)6-10(2)8-12;3*1-2/h8-9H,3-7H2,1-2H3;3*1-2H3. The Morgan fingerprint density at radius 3 is 2.16 bits per heavy atom. The molecule has 1 saturated heterocycles. The number of carbonyl (C=O) groups excluding carboxylic acids is 1. The molecule has 0 aromatic carbocycles. The normalized spacial score (nSPS) is 17.6. The summed E-state index contributed by atoms with van der Waals surface area (Å²) in [6, 6.07) is 0.